The summed E-state index contributed by atoms with van der Waals surface area (Å²) in [5.41, 5.74) is -0.596. The Hall–Kier alpha value is -1.59. The smallest absolute Gasteiger partial charge is 0.317 e. The Morgan fingerprint density at radius 1 is 1.47 bits per heavy atom. The number of hydrogen-bond acceptors (Lipinski definition) is 3. The van der Waals surface area contributed by atoms with E-state index in [1.807, 2.05) is 6.92 Å². The standard InChI is InChI=1S/C13H20N4O2/c1-2-14-12(19)17-7-5-13(6-8-17)11(18)15-10(16-13)9-3-4-9/h9H,2-8H2,1H3,(H,14,19)(H,15,16,18). The number of nitrogens with one attached hydrogen (secondary N) is 2. The molecule has 0 aromatic heterocycles. The second kappa shape index (κ2) is 4.51. The first-order chi connectivity index (χ1) is 9.14. The van der Waals surface area contributed by atoms with Crippen LogP contribution in [0.3, 0.4) is 0 Å². The monoisotopic (exact) mass is 264 g/mol. The first-order valence-corrected chi connectivity index (χ1v) is 7.08. The van der Waals surface area contributed by atoms with Crippen LogP contribution in [0.25, 0.3) is 0 Å². The molecule has 19 heavy (non-hydrogen) atoms. The molecule has 0 aromatic rings. The molecule has 6 nitrogen and oxygen atoms in total. The van der Waals surface area contributed by atoms with Crippen molar-refractivity contribution in [3.05, 3.63) is 0 Å². The lowest BCUT2D eigenvalue weighted by Gasteiger charge is -2.35. The van der Waals surface area contributed by atoms with Gasteiger partial charge in [0.25, 0.3) is 5.91 Å². The van der Waals surface area contributed by atoms with Gasteiger partial charge in [0.1, 0.15) is 11.4 Å². The molecule has 3 amide bonds. The topological polar surface area (TPSA) is 73.8 Å². The molecule has 2 N–H and O–H groups in total. The number of likely N-dealkylation sites (tertiary alicyclic amines) is 1. The maximum atomic E-state index is 12.2. The lowest BCUT2D eigenvalue weighted by atomic mass is 9.88. The molecule has 104 valence electrons. The molecule has 1 aliphatic carbocycles. The molecular weight excluding hydrogens is 244 g/mol. The molecule has 0 radical (unpaired) electrons. The zero-order chi connectivity index (χ0) is 13.5. The van der Waals surface area contributed by atoms with Crippen LogP contribution in [-0.4, -0.2) is 47.8 Å². The minimum atomic E-state index is -0.596. The van der Waals surface area contributed by atoms with Crippen molar-refractivity contribution in [3.8, 4) is 0 Å². The van der Waals surface area contributed by atoms with E-state index in [-0.39, 0.29) is 11.9 Å². The van der Waals surface area contributed by atoms with Gasteiger partial charge >= 0.3 is 6.03 Å². The summed E-state index contributed by atoms with van der Waals surface area (Å²) in [6.45, 7) is 3.73. The zero-order valence-corrected chi connectivity index (χ0v) is 11.2. The van der Waals surface area contributed by atoms with Crippen molar-refractivity contribution in [2.75, 3.05) is 19.6 Å². The van der Waals surface area contributed by atoms with E-state index < -0.39 is 5.54 Å². The van der Waals surface area contributed by atoms with Crippen molar-refractivity contribution < 1.29 is 9.59 Å². The highest BCUT2D eigenvalue weighted by molar-refractivity contribution is 6.09. The Labute approximate surface area is 112 Å². The van der Waals surface area contributed by atoms with Crippen LogP contribution < -0.4 is 10.6 Å². The number of rotatable bonds is 2. The van der Waals surface area contributed by atoms with Gasteiger partial charge < -0.3 is 15.5 Å². The number of carbonyl (C=O) groups is 2. The summed E-state index contributed by atoms with van der Waals surface area (Å²) in [6, 6.07) is -0.0397. The quantitative estimate of drug-likeness (QED) is 0.761. The molecule has 0 unspecified atom stereocenters. The van der Waals surface area contributed by atoms with Crippen molar-refractivity contribution in [2.45, 2.75) is 38.1 Å². The van der Waals surface area contributed by atoms with Gasteiger partial charge in [-0.2, -0.15) is 0 Å². The van der Waals surface area contributed by atoms with Crippen LogP contribution >= 0.6 is 0 Å². The van der Waals surface area contributed by atoms with Crippen LogP contribution in [0.4, 0.5) is 4.79 Å². The zero-order valence-electron chi connectivity index (χ0n) is 11.2. The molecule has 0 bridgehead atoms. The largest absolute Gasteiger partial charge is 0.338 e. The highest BCUT2D eigenvalue weighted by atomic mass is 16.2. The van der Waals surface area contributed by atoms with Crippen LogP contribution in [0, 0.1) is 5.92 Å². The molecule has 1 saturated heterocycles. The van der Waals surface area contributed by atoms with Crippen molar-refractivity contribution in [2.24, 2.45) is 10.9 Å². The van der Waals surface area contributed by atoms with E-state index in [1.165, 1.54) is 0 Å². The maximum Gasteiger partial charge on any atom is 0.317 e. The Morgan fingerprint density at radius 3 is 2.74 bits per heavy atom. The fraction of sp³-hybridized carbons (Fsp3) is 0.769. The minimum Gasteiger partial charge on any atom is -0.338 e. The Morgan fingerprint density at radius 2 is 2.16 bits per heavy atom. The Balaban J connectivity index is 1.65. The number of aliphatic imine (C=N–C) groups is 1. The van der Waals surface area contributed by atoms with Gasteiger partial charge in [0.05, 0.1) is 0 Å². The first kappa shape index (κ1) is 12.4. The second-order valence-electron chi connectivity index (χ2n) is 5.58. The van der Waals surface area contributed by atoms with E-state index >= 15 is 0 Å². The molecule has 2 fully saturated rings. The number of hydrogen-bond donors (Lipinski definition) is 2. The van der Waals surface area contributed by atoms with E-state index in [0.29, 0.717) is 38.4 Å². The number of amidine groups is 1. The van der Waals surface area contributed by atoms with E-state index in [9.17, 15) is 9.59 Å². The van der Waals surface area contributed by atoms with Crippen LogP contribution in [0.1, 0.15) is 32.6 Å². The number of carbonyl (C=O) groups excluding carboxylic acids is 2. The van der Waals surface area contributed by atoms with Crippen molar-refractivity contribution in [3.63, 3.8) is 0 Å². The van der Waals surface area contributed by atoms with E-state index in [4.69, 9.17) is 0 Å². The van der Waals surface area contributed by atoms with E-state index in [2.05, 4.69) is 15.6 Å². The number of urea groups is 1. The van der Waals surface area contributed by atoms with Gasteiger partial charge in [-0.15, -0.1) is 0 Å². The summed E-state index contributed by atoms with van der Waals surface area (Å²) >= 11 is 0. The highest BCUT2D eigenvalue weighted by Gasteiger charge is 2.48. The summed E-state index contributed by atoms with van der Waals surface area (Å²) in [5, 5.41) is 5.73. The van der Waals surface area contributed by atoms with Crippen molar-refractivity contribution in [1.82, 2.24) is 15.5 Å². The Bertz CT molecular complexity index is 434. The summed E-state index contributed by atoms with van der Waals surface area (Å²) < 4.78 is 0. The third kappa shape index (κ3) is 2.19. The van der Waals surface area contributed by atoms with Crippen LogP contribution in [0.15, 0.2) is 4.99 Å². The molecule has 2 aliphatic heterocycles. The average molecular weight is 264 g/mol. The molecule has 6 heteroatoms. The van der Waals surface area contributed by atoms with Gasteiger partial charge in [-0.25, -0.2) is 4.79 Å². The normalized spacial score (nSPS) is 25.2. The SMILES string of the molecule is CCNC(=O)N1CCC2(CC1)N=C(C1CC1)NC2=O. The third-order valence-corrected chi connectivity index (χ3v) is 4.17. The summed E-state index contributed by atoms with van der Waals surface area (Å²) in [5.74, 6) is 1.39. The fourth-order valence-electron chi connectivity index (χ4n) is 2.77. The van der Waals surface area contributed by atoms with Gasteiger partial charge in [0, 0.05) is 25.6 Å². The molecular formula is C13H20N4O2. The summed E-state index contributed by atoms with van der Waals surface area (Å²) in [6.07, 6.45) is 3.54. The first-order valence-electron chi connectivity index (χ1n) is 7.08. The molecule has 0 aromatic carbocycles. The lowest BCUT2D eigenvalue weighted by Crippen LogP contribution is -2.52. The highest BCUT2D eigenvalue weighted by Crippen LogP contribution is 2.37. The van der Waals surface area contributed by atoms with Crippen LogP contribution in [0.2, 0.25) is 0 Å². The Kier molecular flexibility index (Phi) is 2.95. The van der Waals surface area contributed by atoms with Gasteiger partial charge in [-0.1, -0.05) is 0 Å². The molecule has 3 aliphatic rings. The van der Waals surface area contributed by atoms with Gasteiger partial charge in [-0.05, 0) is 32.6 Å². The maximum absolute atomic E-state index is 12.2. The third-order valence-electron chi connectivity index (χ3n) is 4.17. The summed E-state index contributed by atoms with van der Waals surface area (Å²) in [7, 11) is 0. The molecule has 2 heterocycles. The lowest BCUT2D eigenvalue weighted by molar-refractivity contribution is -0.125. The predicted molar refractivity (Wildman–Crippen MR) is 70.9 cm³/mol. The van der Waals surface area contributed by atoms with E-state index in [0.717, 1.165) is 18.7 Å². The molecule has 1 spiro atoms. The molecule has 3 rings (SSSR count). The van der Waals surface area contributed by atoms with Crippen LogP contribution in [0.5, 0.6) is 0 Å². The minimum absolute atomic E-state index is 0.0324. The molecule has 0 atom stereocenters. The van der Waals surface area contributed by atoms with E-state index in [1.54, 1.807) is 4.90 Å². The van der Waals surface area contributed by atoms with Gasteiger partial charge in [0.2, 0.25) is 0 Å². The fourth-order valence-corrected chi connectivity index (χ4v) is 2.77. The molecule has 1 saturated carbocycles. The predicted octanol–water partition coefficient (Wildman–Crippen LogP) is 0.489. The van der Waals surface area contributed by atoms with Gasteiger partial charge in [0.15, 0.2) is 0 Å². The van der Waals surface area contributed by atoms with Gasteiger partial charge in [-0.3, -0.25) is 9.79 Å². The average Bonchev–Trinajstić information content (AvgIpc) is 3.19. The van der Waals surface area contributed by atoms with Crippen molar-refractivity contribution >= 4 is 17.8 Å². The summed E-state index contributed by atoms with van der Waals surface area (Å²) in [4.78, 5) is 30.3. The van der Waals surface area contributed by atoms with Crippen LogP contribution in [-0.2, 0) is 4.79 Å². The number of nitrogens with zero attached hydrogens (tertiary/aromatic N) is 2. The second-order valence-corrected chi connectivity index (χ2v) is 5.58. The van der Waals surface area contributed by atoms with Crippen molar-refractivity contribution in [1.29, 1.82) is 0 Å². The number of piperidine rings is 1. The number of amides is 3.